The van der Waals surface area contributed by atoms with Crippen molar-refractivity contribution in [2.24, 2.45) is 0 Å². The second kappa shape index (κ2) is 9.06. The van der Waals surface area contributed by atoms with Crippen LogP contribution < -0.4 is 10.1 Å². The summed E-state index contributed by atoms with van der Waals surface area (Å²) in [6, 6.07) is 18.2. The first kappa shape index (κ1) is 22.5. The molecular formula is C27H28N2O4. The maximum absolute atomic E-state index is 13.9. The van der Waals surface area contributed by atoms with Gasteiger partial charge in [-0.25, -0.2) is 0 Å². The van der Waals surface area contributed by atoms with Crippen LogP contribution >= 0.6 is 0 Å². The van der Waals surface area contributed by atoms with E-state index in [0.29, 0.717) is 17.9 Å². The lowest BCUT2D eigenvalue weighted by Gasteiger charge is -2.23. The summed E-state index contributed by atoms with van der Waals surface area (Å²) in [5.74, 6) is -0.0454. The SMILES string of the molecule is CC(C)c1cccc(C(C)C)c1NC(=O)C1c2ccccc2COc2ccc([N+](=O)[O-])cc21. The molecule has 6 nitrogen and oxygen atoms in total. The Morgan fingerprint density at radius 2 is 1.64 bits per heavy atom. The number of anilines is 1. The minimum atomic E-state index is -0.737. The highest BCUT2D eigenvalue weighted by Gasteiger charge is 2.33. The molecule has 0 radical (unpaired) electrons. The number of amides is 1. The number of hydrogen-bond donors (Lipinski definition) is 1. The van der Waals surface area contributed by atoms with E-state index in [9.17, 15) is 14.9 Å². The number of fused-ring (bicyclic) bond motifs is 2. The van der Waals surface area contributed by atoms with Crippen LogP contribution in [-0.4, -0.2) is 10.8 Å². The van der Waals surface area contributed by atoms with Crippen molar-refractivity contribution in [3.8, 4) is 5.75 Å². The fourth-order valence-corrected chi connectivity index (χ4v) is 4.45. The molecule has 6 heteroatoms. The zero-order valence-electron chi connectivity index (χ0n) is 19.3. The molecule has 0 bridgehead atoms. The van der Waals surface area contributed by atoms with Crippen molar-refractivity contribution in [2.45, 2.75) is 52.1 Å². The first-order chi connectivity index (χ1) is 15.8. The number of carbonyl (C=O) groups is 1. The first-order valence-corrected chi connectivity index (χ1v) is 11.2. The number of hydrogen-bond acceptors (Lipinski definition) is 4. The predicted molar refractivity (Wildman–Crippen MR) is 129 cm³/mol. The van der Waals surface area contributed by atoms with Crippen molar-refractivity contribution in [1.29, 1.82) is 0 Å². The summed E-state index contributed by atoms with van der Waals surface area (Å²) >= 11 is 0. The van der Waals surface area contributed by atoms with E-state index in [0.717, 1.165) is 27.9 Å². The highest BCUT2D eigenvalue weighted by molar-refractivity contribution is 6.00. The smallest absolute Gasteiger partial charge is 0.270 e. The lowest BCUT2D eigenvalue weighted by molar-refractivity contribution is -0.384. The fourth-order valence-electron chi connectivity index (χ4n) is 4.45. The Morgan fingerprint density at radius 1 is 0.970 bits per heavy atom. The third kappa shape index (κ3) is 4.33. The summed E-state index contributed by atoms with van der Waals surface area (Å²) in [6.07, 6.45) is 0. The summed E-state index contributed by atoms with van der Waals surface area (Å²) in [6.45, 7) is 8.70. The molecule has 1 heterocycles. The zero-order valence-corrected chi connectivity index (χ0v) is 19.3. The highest BCUT2D eigenvalue weighted by Crippen LogP contribution is 2.41. The van der Waals surface area contributed by atoms with Gasteiger partial charge in [-0.15, -0.1) is 0 Å². The Morgan fingerprint density at radius 3 is 2.27 bits per heavy atom. The van der Waals surface area contributed by atoms with Crippen LogP contribution in [0.1, 0.15) is 73.3 Å². The summed E-state index contributed by atoms with van der Waals surface area (Å²) in [5, 5.41) is 14.7. The number of nitro benzene ring substituents is 1. The lowest BCUT2D eigenvalue weighted by atomic mass is 9.86. The number of ether oxygens (including phenoxy) is 1. The van der Waals surface area contributed by atoms with E-state index in [2.05, 4.69) is 33.0 Å². The van der Waals surface area contributed by atoms with Crippen molar-refractivity contribution in [3.63, 3.8) is 0 Å². The molecule has 0 saturated carbocycles. The standard InChI is InChI=1S/C27H28N2O4/c1-16(2)20-10-7-11-21(17(3)4)26(20)28-27(30)25-22-9-6-5-8-18(22)15-33-24-13-12-19(29(31)32)14-23(24)25/h5-14,16-17,25H,15H2,1-4H3,(H,28,30). The zero-order chi connectivity index (χ0) is 23.7. The van der Waals surface area contributed by atoms with Crippen LogP contribution in [0.2, 0.25) is 0 Å². The van der Waals surface area contributed by atoms with Gasteiger partial charge in [-0.3, -0.25) is 14.9 Å². The van der Waals surface area contributed by atoms with Gasteiger partial charge in [0.1, 0.15) is 12.4 Å². The molecule has 0 fully saturated rings. The molecule has 0 aliphatic carbocycles. The molecule has 1 amide bonds. The van der Waals surface area contributed by atoms with Gasteiger partial charge in [-0.1, -0.05) is 70.2 Å². The molecule has 1 N–H and O–H groups in total. The van der Waals surface area contributed by atoms with Crippen molar-refractivity contribution in [1.82, 2.24) is 0 Å². The number of para-hydroxylation sites is 1. The maximum atomic E-state index is 13.9. The third-order valence-electron chi connectivity index (χ3n) is 6.15. The molecule has 3 aromatic carbocycles. The number of non-ortho nitro benzene ring substituents is 1. The van der Waals surface area contributed by atoms with E-state index in [4.69, 9.17) is 4.74 Å². The van der Waals surface area contributed by atoms with Crippen molar-refractivity contribution in [2.75, 3.05) is 5.32 Å². The Balaban J connectivity index is 1.87. The highest BCUT2D eigenvalue weighted by atomic mass is 16.6. The molecule has 1 aliphatic rings. The molecule has 1 unspecified atom stereocenters. The van der Waals surface area contributed by atoms with Crippen LogP contribution in [0.3, 0.4) is 0 Å². The van der Waals surface area contributed by atoms with Crippen LogP contribution in [0.5, 0.6) is 5.75 Å². The minimum Gasteiger partial charge on any atom is -0.489 e. The van der Waals surface area contributed by atoms with Gasteiger partial charge in [0.2, 0.25) is 5.91 Å². The van der Waals surface area contributed by atoms with Crippen molar-refractivity contribution >= 4 is 17.3 Å². The normalized spacial score (nSPS) is 14.8. The number of benzene rings is 3. The van der Waals surface area contributed by atoms with Gasteiger partial charge in [0, 0.05) is 23.4 Å². The molecule has 1 aliphatic heterocycles. The van der Waals surface area contributed by atoms with E-state index in [1.807, 2.05) is 42.5 Å². The van der Waals surface area contributed by atoms with Gasteiger partial charge in [0.15, 0.2) is 0 Å². The van der Waals surface area contributed by atoms with E-state index in [1.54, 1.807) is 6.07 Å². The lowest BCUT2D eigenvalue weighted by Crippen LogP contribution is -2.24. The Labute approximate surface area is 193 Å². The van der Waals surface area contributed by atoms with Gasteiger partial charge in [0.05, 0.1) is 10.8 Å². The maximum Gasteiger partial charge on any atom is 0.270 e. The molecule has 0 spiro atoms. The largest absolute Gasteiger partial charge is 0.489 e. The van der Waals surface area contributed by atoms with Crippen LogP contribution in [0, 0.1) is 10.1 Å². The second-order valence-electron chi connectivity index (χ2n) is 9.01. The van der Waals surface area contributed by atoms with Gasteiger partial charge in [-0.05, 0) is 40.2 Å². The molecule has 1 atom stereocenters. The van der Waals surface area contributed by atoms with Crippen molar-refractivity contribution < 1.29 is 14.5 Å². The third-order valence-corrected chi connectivity index (χ3v) is 6.15. The Bertz CT molecular complexity index is 1190. The van der Waals surface area contributed by atoms with Crippen LogP contribution in [0.15, 0.2) is 60.7 Å². The molecule has 170 valence electrons. The van der Waals surface area contributed by atoms with E-state index < -0.39 is 10.8 Å². The summed E-state index contributed by atoms with van der Waals surface area (Å²) in [5.41, 5.74) is 5.06. The molecule has 0 aromatic heterocycles. The summed E-state index contributed by atoms with van der Waals surface area (Å²) in [4.78, 5) is 25.0. The first-order valence-electron chi connectivity index (χ1n) is 11.2. The number of nitrogens with zero attached hydrogens (tertiary/aromatic N) is 1. The van der Waals surface area contributed by atoms with Crippen LogP contribution in [0.25, 0.3) is 0 Å². The molecule has 4 rings (SSSR count). The fraction of sp³-hybridized carbons (Fsp3) is 0.296. The number of nitro groups is 1. The monoisotopic (exact) mass is 444 g/mol. The van der Waals surface area contributed by atoms with Gasteiger partial charge in [0.25, 0.3) is 5.69 Å². The summed E-state index contributed by atoms with van der Waals surface area (Å²) < 4.78 is 5.96. The van der Waals surface area contributed by atoms with E-state index in [1.165, 1.54) is 12.1 Å². The Hall–Kier alpha value is -3.67. The Kier molecular flexibility index (Phi) is 6.18. The number of nitrogens with one attached hydrogen (secondary N) is 1. The van der Waals surface area contributed by atoms with Crippen molar-refractivity contribution in [3.05, 3.63) is 98.6 Å². The number of carbonyl (C=O) groups excluding carboxylic acids is 1. The molecule has 0 saturated heterocycles. The quantitative estimate of drug-likeness (QED) is 0.359. The average Bonchev–Trinajstić information content (AvgIpc) is 2.95. The molecule has 3 aromatic rings. The predicted octanol–water partition coefficient (Wildman–Crippen LogP) is 6.50. The molecule has 33 heavy (non-hydrogen) atoms. The van der Waals surface area contributed by atoms with Gasteiger partial charge < -0.3 is 10.1 Å². The van der Waals surface area contributed by atoms with E-state index >= 15 is 0 Å². The minimum absolute atomic E-state index is 0.0695. The topological polar surface area (TPSA) is 81.5 Å². The van der Waals surface area contributed by atoms with Crippen LogP contribution in [0.4, 0.5) is 11.4 Å². The second-order valence-corrected chi connectivity index (χ2v) is 9.01. The van der Waals surface area contributed by atoms with Crippen LogP contribution in [-0.2, 0) is 11.4 Å². The van der Waals surface area contributed by atoms with Gasteiger partial charge in [-0.2, -0.15) is 0 Å². The van der Waals surface area contributed by atoms with Gasteiger partial charge >= 0.3 is 0 Å². The number of rotatable bonds is 5. The average molecular weight is 445 g/mol. The van der Waals surface area contributed by atoms with E-state index in [-0.39, 0.29) is 23.4 Å². The molecular weight excluding hydrogens is 416 g/mol. The summed E-state index contributed by atoms with van der Waals surface area (Å²) in [7, 11) is 0.